The Morgan fingerprint density at radius 2 is 2.00 bits per heavy atom. The van der Waals surface area contributed by atoms with Gasteiger partial charge in [0.1, 0.15) is 5.69 Å². The molecule has 2 rings (SSSR count). The number of benzene rings is 1. The number of nitro groups is 1. The molecule has 0 amide bonds. The number of nitrogens with one attached hydrogen (secondary N) is 1. The van der Waals surface area contributed by atoms with E-state index in [-0.39, 0.29) is 28.0 Å². The van der Waals surface area contributed by atoms with Crippen LogP contribution >= 0.6 is 23.2 Å². The Kier molecular flexibility index (Phi) is 4.06. The van der Waals surface area contributed by atoms with Crippen LogP contribution in [0.5, 0.6) is 0 Å². The van der Waals surface area contributed by atoms with Gasteiger partial charge in [0.15, 0.2) is 5.69 Å². The zero-order valence-corrected chi connectivity index (χ0v) is 12.2. The average molecular weight is 313 g/mol. The number of hydrogen-bond donors (Lipinski definition) is 1. The molecule has 0 saturated carbocycles. The maximum absolute atomic E-state index is 11.2. The molecule has 0 fully saturated rings. The van der Waals surface area contributed by atoms with Crippen LogP contribution in [0.15, 0.2) is 18.2 Å². The standard InChI is InChI=1S/C12H10Cl2N4O2/c1-6-11(18(19)20)10(17-12(15-2)16-6)7-4-3-5-8(13)9(7)14/h3-5H,1-2H3,(H,15,16,17). The average Bonchev–Trinajstić information content (AvgIpc) is 2.40. The summed E-state index contributed by atoms with van der Waals surface area (Å²) in [6.07, 6.45) is 0. The van der Waals surface area contributed by atoms with Crippen LogP contribution in [0, 0.1) is 17.0 Å². The van der Waals surface area contributed by atoms with Gasteiger partial charge in [0.05, 0.1) is 15.0 Å². The van der Waals surface area contributed by atoms with E-state index in [1.807, 2.05) is 0 Å². The molecule has 0 atom stereocenters. The Morgan fingerprint density at radius 1 is 1.30 bits per heavy atom. The van der Waals surface area contributed by atoms with Crippen LogP contribution in [0.3, 0.4) is 0 Å². The second kappa shape index (κ2) is 5.60. The van der Waals surface area contributed by atoms with Crippen molar-refractivity contribution in [2.45, 2.75) is 6.92 Å². The third-order valence-corrected chi connectivity index (χ3v) is 3.49. The van der Waals surface area contributed by atoms with Crippen LogP contribution < -0.4 is 5.32 Å². The van der Waals surface area contributed by atoms with Gasteiger partial charge >= 0.3 is 5.69 Å². The molecule has 1 heterocycles. The van der Waals surface area contributed by atoms with E-state index in [2.05, 4.69) is 15.3 Å². The Balaban J connectivity index is 2.80. The summed E-state index contributed by atoms with van der Waals surface area (Å²) in [4.78, 5) is 18.9. The molecular weight excluding hydrogens is 303 g/mol. The lowest BCUT2D eigenvalue weighted by molar-refractivity contribution is -0.385. The zero-order valence-electron chi connectivity index (χ0n) is 10.6. The summed E-state index contributed by atoms with van der Waals surface area (Å²) < 4.78 is 0. The number of aromatic nitrogens is 2. The summed E-state index contributed by atoms with van der Waals surface area (Å²) in [5.41, 5.74) is 0.598. The number of halogens is 2. The molecule has 0 aliphatic rings. The third-order valence-electron chi connectivity index (χ3n) is 2.67. The van der Waals surface area contributed by atoms with Gasteiger partial charge < -0.3 is 5.32 Å². The van der Waals surface area contributed by atoms with E-state index in [9.17, 15) is 10.1 Å². The summed E-state index contributed by atoms with van der Waals surface area (Å²) in [6.45, 7) is 1.54. The van der Waals surface area contributed by atoms with E-state index >= 15 is 0 Å². The highest BCUT2D eigenvalue weighted by molar-refractivity contribution is 6.43. The molecule has 8 heteroatoms. The normalized spacial score (nSPS) is 10.4. The summed E-state index contributed by atoms with van der Waals surface area (Å²) in [5, 5.41) is 14.5. The molecule has 1 aromatic heterocycles. The zero-order chi connectivity index (χ0) is 14.9. The molecule has 0 spiro atoms. The summed E-state index contributed by atoms with van der Waals surface area (Å²) in [6, 6.07) is 4.89. The highest BCUT2D eigenvalue weighted by Crippen LogP contribution is 2.38. The SMILES string of the molecule is CNc1nc(C)c([N+](=O)[O-])c(-c2cccc(Cl)c2Cl)n1. The van der Waals surface area contributed by atoms with E-state index in [0.29, 0.717) is 10.6 Å². The van der Waals surface area contributed by atoms with Gasteiger partial charge in [-0.25, -0.2) is 9.97 Å². The molecule has 0 unspecified atom stereocenters. The summed E-state index contributed by atoms with van der Waals surface area (Å²) >= 11 is 12.1. The van der Waals surface area contributed by atoms with E-state index in [0.717, 1.165) is 0 Å². The lowest BCUT2D eigenvalue weighted by Crippen LogP contribution is -2.05. The number of nitrogens with zero attached hydrogens (tertiary/aromatic N) is 3. The minimum atomic E-state index is -0.526. The van der Waals surface area contributed by atoms with Gasteiger partial charge in [-0.2, -0.15) is 0 Å². The fraction of sp³-hybridized carbons (Fsp3) is 0.167. The quantitative estimate of drug-likeness (QED) is 0.690. The molecular formula is C12H10Cl2N4O2. The van der Waals surface area contributed by atoms with Crippen molar-refractivity contribution in [1.82, 2.24) is 9.97 Å². The highest BCUT2D eigenvalue weighted by atomic mass is 35.5. The molecule has 0 aliphatic heterocycles. The molecule has 6 nitrogen and oxygen atoms in total. The van der Waals surface area contributed by atoms with Gasteiger partial charge in [-0.3, -0.25) is 10.1 Å². The van der Waals surface area contributed by atoms with E-state index in [1.54, 1.807) is 32.2 Å². The minimum absolute atomic E-state index is 0.138. The van der Waals surface area contributed by atoms with Crippen molar-refractivity contribution in [3.8, 4) is 11.3 Å². The first-order valence-corrected chi connectivity index (χ1v) is 6.36. The first-order chi connectivity index (χ1) is 9.45. The van der Waals surface area contributed by atoms with Gasteiger partial charge in [-0.1, -0.05) is 35.3 Å². The fourth-order valence-corrected chi connectivity index (χ4v) is 2.16. The molecule has 0 radical (unpaired) electrons. The first-order valence-electron chi connectivity index (χ1n) is 5.61. The number of rotatable bonds is 3. The molecule has 0 aliphatic carbocycles. The Hall–Kier alpha value is -1.92. The molecule has 0 saturated heterocycles. The first kappa shape index (κ1) is 14.5. The number of aryl methyl sites for hydroxylation is 1. The predicted molar refractivity (Wildman–Crippen MR) is 78.4 cm³/mol. The van der Waals surface area contributed by atoms with Crippen LogP contribution in [0.1, 0.15) is 5.69 Å². The van der Waals surface area contributed by atoms with Crippen molar-refractivity contribution >= 4 is 34.8 Å². The molecule has 0 bridgehead atoms. The van der Waals surface area contributed by atoms with Crippen LogP contribution in [0.4, 0.5) is 11.6 Å². The smallest absolute Gasteiger partial charge is 0.316 e. The third kappa shape index (κ3) is 2.52. The van der Waals surface area contributed by atoms with Crippen molar-refractivity contribution in [3.05, 3.63) is 44.1 Å². The molecule has 104 valence electrons. The Labute approximate surface area is 124 Å². The lowest BCUT2D eigenvalue weighted by atomic mass is 10.1. The van der Waals surface area contributed by atoms with Gasteiger partial charge in [-0.15, -0.1) is 0 Å². The second-order valence-corrected chi connectivity index (χ2v) is 4.72. The molecule has 1 N–H and O–H groups in total. The van der Waals surface area contributed by atoms with Gasteiger partial charge in [0.2, 0.25) is 5.95 Å². The fourth-order valence-electron chi connectivity index (χ4n) is 1.77. The van der Waals surface area contributed by atoms with Crippen molar-refractivity contribution < 1.29 is 4.92 Å². The topological polar surface area (TPSA) is 81.0 Å². The van der Waals surface area contributed by atoms with Gasteiger partial charge in [0, 0.05) is 12.6 Å². The molecule has 20 heavy (non-hydrogen) atoms. The van der Waals surface area contributed by atoms with Crippen LogP contribution in [0.25, 0.3) is 11.3 Å². The Morgan fingerprint density at radius 3 is 2.60 bits per heavy atom. The van der Waals surface area contributed by atoms with E-state index in [4.69, 9.17) is 23.2 Å². The minimum Gasteiger partial charge on any atom is -0.357 e. The Bertz CT molecular complexity index is 691. The molecule has 2 aromatic rings. The van der Waals surface area contributed by atoms with E-state index < -0.39 is 4.92 Å². The van der Waals surface area contributed by atoms with Crippen molar-refractivity contribution in [1.29, 1.82) is 0 Å². The van der Waals surface area contributed by atoms with Gasteiger partial charge in [-0.05, 0) is 13.0 Å². The van der Waals surface area contributed by atoms with Crippen LogP contribution in [-0.2, 0) is 0 Å². The maximum atomic E-state index is 11.2. The highest BCUT2D eigenvalue weighted by Gasteiger charge is 2.25. The second-order valence-electron chi connectivity index (χ2n) is 3.94. The van der Waals surface area contributed by atoms with E-state index in [1.165, 1.54) is 0 Å². The predicted octanol–water partition coefficient (Wildman–Crippen LogP) is 3.71. The lowest BCUT2D eigenvalue weighted by Gasteiger charge is -2.09. The maximum Gasteiger partial charge on any atom is 0.316 e. The summed E-state index contributed by atoms with van der Waals surface area (Å²) in [7, 11) is 1.63. The van der Waals surface area contributed by atoms with Crippen molar-refractivity contribution in [2.24, 2.45) is 0 Å². The van der Waals surface area contributed by atoms with Crippen molar-refractivity contribution in [2.75, 3.05) is 12.4 Å². The largest absolute Gasteiger partial charge is 0.357 e. The van der Waals surface area contributed by atoms with Crippen molar-refractivity contribution in [3.63, 3.8) is 0 Å². The van der Waals surface area contributed by atoms with Crippen LogP contribution in [0.2, 0.25) is 10.0 Å². The monoisotopic (exact) mass is 312 g/mol. The number of hydrogen-bond acceptors (Lipinski definition) is 5. The summed E-state index contributed by atoms with van der Waals surface area (Å²) in [5.74, 6) is 0.277. The van der Waals surface area contributed by atoms with Crippen LogP contribution in [-0.4, -0.2) is 21.9 Å². The number of anilines is 1. The van der Waals surface area contributed by atoms with Gasteiger partial charge in [0.25, 0.3) is 0 Å². The molecule has 1 aromatic carbocycles.